The van der Waals surface area contributed by atoms with Crippen LogP contribution in [0.15, 0.2) is 12.1 Å². The predicted octanol–water partition coefficient (Wildman–Crippen LogP) is 4.91. The Morgan fingerprint density at radius 3 is 2.18 bits per heavy atom. The Balaban J connectivity index is 2.86. The van der Waals surface area contributed by atoms with Crippen molar-refractivity contribution in [3.05, 3.63) is 34.4 Å². The van der Waals surface area contributed by atoms with Gasteiger partial charge in [0.2, 0.25) is 0 Å². The zero-order valence-corrected chi connectivity index (χ0v) is 11.6. The average molecular weight is 228 g/mol. The molecule has 0 amide bonds. The molecule has 1 atom stereocenters. The Bertz CT molecular complexity index is 384. The Morgan fingerprint density at radius 1 is 1.12 bits per heavy atom. The molecule has 0 heterocycles. The Labute approximate surface area is 106 Å². The van der Waals surface area contributed by atoms with Crippen LogP contribution in [-0.4, -0.2) is 0 Å². The molecule has 1 rings (SSSR count). The van der Waals surface area contributed by atoms with Crippen molar-refractivity contribution in [2.24, 2.45) is 0 Å². The zero-order chi connectivity index (χ0) is 12.8. The minimum Gasteiger partial charge on any atom is -0.119 e. The monoisotopic (exact) mass is 228 g/mol. The minimum absolute atomic E-state index is 0.291. The summed E-state index contributed by atoms with van der Waals surface area (Å²) in [5, 5.41) is 0. The van der Waals surface area contributed by atoms with E-state index in [-0.39, 0.29) is 0 Å². The molecule has 0 radical (unpaired) electrons. The van der Waals surface area contributed by atoms with E-state index in [0.717, 1.165) is 6.42 Å². The number of benzene rings is 1. The largest absolute Gasteiger partial charge is 0.119 e. The number of hydrogen-bond donors (Lipinski definition) is 0. The summed E-state index contributed by atoms with van der Waals surface area (Å²) in [6, 6.07) is 4.53. The van der Waals surface area contributed by atoms with Crippen molar-refractivity contribution in [3.8, 4) is 12.3 Å². The Hall–Kier alpha value is -1.22. The lowest BCUT2D eigenvalue weighted by molar-refractivity contribution is 0.637. The fourth-order valence-corrected chi connectivity index (χ4v) is 2.22. The first kappa shape index (κ1) is 13.8. The quantitative estimate of drug-likeness (QED) is 0.496. The van der Waals surface area contributed by atoms with E-state index in [1.165, 1.54) is 41.5 Å². The molecule has 0 aliphatic carbocycles. The van der Waals surface area contributed by atoms with E-state index in [1.54, 1.807) is 0 Å². The van der Waals surface area contributed by atoms with E-state index in [1.807, 2.05) is 0 Å². The van der Waals surface area contributed by atoms with Crippen molar-refractivity contribution in [3.63, 3.8) is 0 Å². The lowest BCUT2D eigenvalue weighted by Crippen LogP contribution is -1.99. The van der Waals surface area contributed by atoms with E-state index in [0.29, 0.717) is 5.92 Å². The van der Waals surface area contributed by atoms with Crippen molar-refractivity contribution in [2.45, 2.75) is 59.3 Å². The third kappa shape index (κ3) is 3.63. The van der Waals surface area contributed by atoms with E-state index in [2.05, 4.69) is 45.7 Å². The van der Waals surface area contributed by atoms with Gasteiger partial charge in [-0.1, -0.05) is 44.2 Å². The molecule has 1 unspecified atom stereocenters. The van der Waals surface area contributed by atoms with Crippen molar-refractivity contribution in [1.82, 2.24) is 0 Å². The summed E-state index contributed by atoms with van der Waals surface area (Å²) in [4.78, 5) is 0. The number of unbranched alkanes of at least 4 members (excludes halogenated alkanes) is 2. The van der Waals surface area contributed by atoms with E-state index in [4.69, 9.17) is 6.42 Å². The molecule has 0 heteroatoms. The maximum absolute atomic E-state index is 5.68. The molecule has 0 fully saturated rings. The van der Waals surface area contributed by atoms with E-state index >= 15 is 0 Å². The highest BCUT2D eigenvalue weighted by Crippen LogP contribution is 2.25. The van der Waals surface area contributed by atoms with Gasteiger partial charge < -0.3 is 0 Å². The van der Waals surface area contributed by atoms with Crippen LogP contribution >= 0.6 is 0 Å². The summed E-state index contributed by atoms with van der Waals surface area (Å²) in [5.74, 6) is 3.24. The number of aryl methyl sites for hydroxylation is 2. The lowest BCUT2D eigenvalue weighted by atomic mass is 9.90. The van der Waals surface area contributed by atoms with Crippen molar-refractivity contribution < 1.29 is 0 Å². The van der Waals surface area contributed by atoms with Gasteiger partial charge in [0, 0.05) is 5.92 Å². The van der Waals surface area contributed by atoms with Crippen LogP contribution in [0.25, 0.3) is 0 Å². The Kier molecular flexibility index (Phi) is 5.29. The van der Waals surface area contributed by atoms with E-state index < -0.39 is 0 Å². The van der Waals surface area contributed by atoms with Gasteiger partial charge in [-0.15, -0.1) is 6.42 Å². The van der Waals surface area contributed by atoms with Crippen LogP contribution in [0.3, 0.4) is 0 Å². The number of hydrogen-bond acceptors (Lipinski definition) is 0. The van der Waals surface area contributed by atoms with Crippen LogP contribution in [0, 0.1) is 33.1 Å². The molecule has 0 saturated carbocycles. The SMILES string of the molecule is C#CC(CCCCC)c1cc(C)c(C)c(C)c1. The van der Waals surface area contributed by atoms with Crippen LogP contribution in [-0.2, 0) is 0 Å². The molecule has 17 heavy (non-hydrogen) atoms. The second-order valence-electron chi connectivity index (χ2n) is 4.99. The first-order chi connectivity index (χ1) is 8.10. The molecule has 0 aliphatic heterocycles. The number of rotatable bonds is 5. The minimum atomic E-state index is 0.291. The predicted molar refractivity (Wildman–Crippen MR) is 76.4 cm³/mol. The molecule has 0 bridgehead atoms. The second-order valence-corrected chi connectivity index (χ2v) is 4.99. The molecule has 0 nitrogen and oxygen atoms in total. The standard InChI is InChI=1S/C17H24/c1-6-8-9-10-16(7-2)17-11-13(3)15(5)14(4)12-17/h2,11-12,16H,6,8-10H2,1,3-5H3. The number of terminal acetylenes is 1. The van der Waals surface area contributed by atoms with Gasteiger partial charge >= 0.3 is 0 Å². The smallest absolute Gasteiger partial charge is 0.0449 e. The summed E-state index contributed by atoms with van der Waals surface area (Å²) in [6.45, 7) is 8.75. The third-order valence-corrected chi connectivity index (χ3v) is 3.65. The summed E-state index contributed by atoms with van der Waals surface area (Å²) in [6.07, 6.45) is 10.6. The first-order valence-electron chi connectivity index (χ1n) is 6.64. The molecule has 92 valence electrons. The second kappa shape index (κ2) is 6.50. The molecule has 0 aromatic heterocycles. The fraction of sp³-hybridized carbons (Fsp3) is 0.529. The van der Waals surface area contributed by atoms with Gasteiger partial charge in [0.15, 0.2) is 0 Å². The highest BCUT2D eigenvalue weighted by atomic mass is 14.1. The molecule has 0 spiro atoms. The molecule has 1 aromatic rings. The maximum Gasteiger partial charge on any atom is 0.0449 e. The molecule has 0 N–H and O–H groups in total. The van der Waals surface area contributed by atoms with Crippen LogP contribution in [0.2, 0.25) is 0 Å². The normalized spacial score (nSPS) is 12.2. The first-order valence-corrected chi connectivity index (χ1v) is 6.64. The fourth-order valence-electron chi connectivity index (χ4n) is 2.22. The molecule has 0 saturated heterocycles. The van der Waals surface area contributed by atoms with Crippen LogP contribution in [0.1, 0.15) is 60.8 Å². The van der Waals surface area contributed by atoms with Crippen LogP contribution in [0.5, 0.6) is 0 Å². The van der Waals surface area contributed by atoms with Crippen LogP contribution < -0.4 is 0 Å². The Morgan fingerprint density at radius 2 is 1.71 bits per heavy atom. The van der Waals surface area contributed by atoms with Gasteiger partial charge in [-0.2, -0.15) is 0 Å². The van der Waals surface area contributed by atoms with E-state index in [9.17, 15) is 0 Å². The van der Waals surface area contributed by atoms with Crippen LogP contribution in [0.4, 0.5) is 0 Å². The highest BCUT2D eigenvalue weighted by molar-refractivity contribution is 5.40. The van der Waals surface area contributed by atoms with Crippen molar-refractivity contribution >= 4 is 0 Å². The molecular weight excluding hydrogens is 204 g/mol. The zero-order valence-electron chi connectivity index (χ0n) is 11.6. The molecule has 0 aliphatic rings. The summed E-state index contributed by atoms with van der Waals surface area (Å²) < 4.78 is 0. The third-order valence-electron chi connectivity index (χ3n) is 3.65. The topological polar surface area (TPSA) is 0 Å². The highest BCUT2D eigenvalue weighted by Gasteiger charge is 2.10. The summed E-state index contributed by atoms with van der Waals surface area (Å²) >= 11 is 0. The van der Waals surface area contributed by atoms with Crippen molar-refractivity contribution in [1.29, 1.82) is 0 Å². The molecular formula is C17H24. The maximum atomic E-state index is 5.68. The van der Waals surface area contributed by atoms with Gasteiger partial charge in [-0.3, -0.25) is 0 Å². The summed E-state index contributed by atoms with van der Waals surface area (Å²) in [5.41, 5.74) is 5.42. The average Bonchev–Trinajstić information content (AvgIpc) is 2.31. The van der Waals surface area contributed by atoms with Gasteiger partial charge in [0.25, 0.3) is 0 Å². The van der Waals surface area contributed by atoms with Gasteiger partial charge in [0.1, 0.15) is 0 Å². The van der Waals surface area contributed by atoms with Gasteiger partial charge in [-0.25, -0.2) is 0 Å². The lowest BCUT2D eigenvalue weighted by Gasteiger charge is -2.14. The van der Waals surface area contributed by atoms with Crippen molar-refractivity contribution in [2.75, 3.05) is 0 Å². The van der Waals surface area contributed by atoms with Gasteiger partial charge in [-0.05, 0) is 49.4 Å². The van der Waals surface area contributed by atoms with Gasteiger partial charge in [0.05, 0.1) is 0 Å². The molecule has 1 aromatic carbocycles. The summed E-state index contributed by atoms with van der Waals surface area (Å²) in [7, 11) is 0.